The van der Waals surface area contributed by atoms with Gasteiger partial charge in [-0.05, 0) is 44.0 Å². The van der Waals surface area contributed by atoms with Gasteiger partial charge in [-0.2, -0.15) is 0 Å². The minimum absolute atomic E-state index is 0.456. The van der Waals surface area contributed by atoms with Crippen LogP contribution in [0.5, 0.6) is 0 Å². The van der Waals surface area contributed by atoms with Gasteiger partial charge in [-0.15, -0.1) is 0 Å². The quantitative estimate of drug-likeness (QED) is 0.906. The van der Waals surface area contributed by atoms with Crippen LogP contribution in [-0.2, 0) is 6.54 Å². The highest BCUT2D eigenvalue weighted by molar-refractivity contribution is 5.17. The van der Waals surface area contributed by atoms with Crippen LogP contribution < -0.4 is 5.32 Å². The number of hydrogen-bond acceptors (Lipinski definition) is 2. The molecule has 2 nitrogen and oxygen atoms in total. The number of nitrogens with one attached hydrogen (secondary N) is 1. The molecule has 0 aliphatic carbocycles. The van der Waals surface area contributed by atoms with Gasteiger partial charge in [0.25, 0.3) is 0 Å². The molecule has 1 fully saturated rings. The van der Waals surface area contributed by atoms with Crippen molar-refractivity contribution in [2.45, 2.75) is 45.3 Å². The van der Waals surface area contributed by atoms with E-state index in [4.69, 9.17) is 0 Å². The molecular formula is C15H22F2N2. The van der Waals surface area contributed by atoms with Crippen LogP contribution in [0.2, 0.25) is 0 Å². The maximum atomic E-state index is 13.2. The van der Waals surface area contributed by atoms with Crippen molar-refractivity contribution in [3.63, 3.8) is 0 Å². The summed E-state index contributed by atoms with van der Waals surface area (Å²) in [7, 11) is 0. The van der Waals surface area contributed by atoms with E-state index in [0.29, 0.717) is 18.6 Å². The first-order chi connectivity index (χ1) is 9.10. The summed E-state index contributed by atoms with van der Waals surface area (Å²) in [5.74, 6) is -1.54. The molecule has 1 heterocycles. The molecule has 1 N–H and O–H groups in total. The van der Waals surface area contributed by atoms with Crippen LogP contribution in [0.3, 0.4) is 0 Å². The number of halogens is 2. The normalized spacial score (nSPS) is 25.3. The molecule has 106 valence electrons. The van der Waals surface area contributed by atoms with Gasteiger partial charge in [-0.3, -0.25) is 4.90 Å². The number of hydrogen-bond donors (Lipinski definition) is 1. The van der Waals surface area contributed by atoms with Crippen molar-refractivity contribution in [2.75, 3.05) is 13.1 Å². The fourth-order valence-electron chi connectivity index (χ4n) is 2.57. The average molecular weight is 268 g/mol. The Balaban J connectivity index is 2.08. The van der Waals surface area contributed by atoms with Crippen molar-refractivity contribution in [3.8, 4) is 0 Å². The van der Waals surface area contributed by atoms with Gasteiger partial charge in [0.15, 0.2) is 11.6 Å². The Hall–Kier alpha value is -1.00. The molecule has 2 unspecified atom stereocenters. The molecule has 2 atom stereocenters. The van der Waals surface area contributed by atoms with Gasteiger partial charge in [-0.1, -0.05) is 13.0 Å². The van der Waals surface area contributed by atoms with Crippen molar-refractivity contribution >= 4 is 0 Å². The second-order valence-corrected chi connectivity index (χ2v) is 5.37. The molecule has 0 radical (unpaired) electrons. The largest absolute Gasteiger partial charge is 0.313 e. The van der Waals surface area contributed by atoms with Crippen LogP contribution in [0.4, 0.5) is 8.78 Å². The standard InChI is InChI=1S/C15H22F2N2/c1-3-13-10-19(11(2)6-7-18-13)9-12-4-5-14(16)15(17)8-12/h4-5,8,11,13,18H,3,6-7,9-10H2,1-2H3. The molecule has 1 aromatic rings. The van der Waals surface area contributed by atoms with Crippen LogP contribution in [-0.4, -0.2) is 30.1 Å². The zero-order valence-corrected chi connectivity index (χ0v) is 11.6. The predicted octanol–water partition coefficient (Wildman–Crippen LogP) is 2.93. The van der Waals surface area contributed by atoms with E-state index < -0.39 is 11.6 Å². The zero-order chi connectivity index (χ0) is 13.8. The summed E-state index contributed by atoms with van der Waals surface area (Å²) in [6.45, 7) is 7.02. The van der Waals surface area contributed by atoms with Crippen LogP contribution in [0.1, 0.15) is 32.3 Å². The average Bonchev–Trinajstić information content (AvgIpc) is 2.56. The topological polar surface area (TPSA) is 15.3 Å². The molecule has 1 saturated heterocycles. The fourth-order valence-corrected chi connectivity index (χ4v) is 2.57. The van der Waals surface area contributed by atoms with Crippen molar-refractivity contribution in [3.05, 3.63) is 35.4 Å². The summed E-state index contributed by atoms with van der Waals surface area (Å²) in [6.07, 6.45) is 2.17. The van der Waals surface area contributed by atoms with Crippen molar-refractivity contribution < 1.29 is 8.78 Å². The second-order valence-electron chi connectivity index (χ2n) is 5.37. The van der Waals surface area contributed by atoms with Gasteiger partial charge in [0, 0.05) is 25.2 Å². The first-order valence-corrected chi connectivity index (χ1v) is 7.01. The summed E-state index contributed by atoms with van der Waals surface area (Å²) < 4.78 is 26.2. The van der Waals surface area contributed by atoms with E-state index in [-0.39, 0.29) is 0 Å². The lowest BCUT2D eigenvalue weighted by molar-refractivity contribution is 0.194. The minimum Gasteiger partial charge on any atom is -0.313 e. The van der Waals surface area contributed by atoms with Crippen LogP contribution in [0, 0.1) is 11.6 Å². The highest BCUT2D eigenvalue weighted by Crippen LogP contribution is 2.16. The lowest BCUT2D eigenvalue weighted by atomic mass is 10.1. The minimum atomic E-state index is -0.777. The third kappa shape index (κ3) is 3.74. The van der Waals surface area contributed by atoms with E-state index in [1.807, 2.05) is 0 Å². The van der Waals surface area contributed by atoms with E-state index >= 15 is 0 Å². The molecule has 1 aliphatic rings. The van der Waals surface area contributed by atoms with Gasteiger partial charge in [0.2, 0.25) is 0 Å². The Bertz CT molecular complexity index is 423. The Morgan fingerprint density at radius 1 is 1.32 bits per heavy atom. The Morgan fingerprint density at radius 3 is 2.79 bits per heavy atom. The van der Waals surface area contributed by atoms with Gasteiger partial charge in [0.1, 0.15) is 0 Å². The lowest BCUT2D eigenvalue weighted by Gasteiger charge is -2.28. The molecule has 1 aromatic carbocycles. The van der Waals surface area contributed by atoms with E-state index in [2.05, 4.69) is 24.1 Å². The van der Waals surface area contributed by atoms with Crippen molar-refractivity contribution in [1.29, 1.82) is 0 Å². The molecule has 4 heteroatoms. The third-order valence-electron chi connectivity index (χ3n) is 3.94. The van der Waals surface area contributed by atoms with Crippen molar-refractivity contribution in [2.24, 2.45) is 0 Å². The maximum absolute atomic E-state index is 13.2. The lowest BCUT2D eigenvalue weighted by Crippen LogP contribution is -2.39. The Morgan fingerprint density at radius 2 is 2.11 bits per heavy atom. The number of nitrogens with zero attached hydrogens (tertiary/aromatic N) is 1. The number of rotatable bonds is 3. The number of benzene rings is 1. The molecule has 0 bridgehead atoms. The molecule has 0 aromatic heterocycles. The molecule has 0 saturated carbocycles. The van der Waals surface area contributed by atoms with Gasteiger partial charge in [-0.25, -0.2) is 8.78 Å². The van der Waals surface area contributed by atoms with E-state index in [0.717, 1.165) is 31.5 Å². The first kappa shape index (κ1) is 14.4. The van der Waals surface area contributed by atoms with Crippen molar-refractivity contribution in [1.82, 2.24) is 10.2 Å². The third-order valence-corrected chi connectivity index (χ3v) is 3.94. The molecule has 1 aliphatic heterocycles. The molecule has 0 amide bonds. The molecule has 0 spiro atoms. The summed E-state index contributed by atoms with van der Waals surface area (Å²) in [6, 6.07) is 5.13. The van der Waals surface area contributed by atoms with Crippen LogP contribution in [0.15, 0.2) is 18.2 Å². The SMILES string of the molecule is CCC1CN(Cc2ccc(F)c(F)c2)C(C)CCN1. The zero-order valence-electron chi connectivity index (χ0n) is 11.6. The Kier molecular flexibility index (Phi) is 4.88. The van der Waals surface area contributed by atoms with Gasteiger partial charge >= 0.3 is 0 Å². The monoisotopic (exact) mass is 268 g/mol. The van der Waals surface area contributed by atoms with E-state index in [1.54, 1.807) is 6.07 Å². The fraction of sp³-hybridized carbons (Fsp3) is 0.600. The highest BCUT2D eigenvalue weighted by Gasteiger charge is 2.22. The summed E-state index contributed by atoms with van der Waals surface area (Å²) in [4.78, 5) is 2.35. The van der Waals surface area contributed by atoms with E-state index in [1.165, 1.54) is 12.1 Å². The maximum Gasteiger partial charge on any atom is 0.159 e. The van der Waals surface area contributed by atoms with Gasteiger partial charge in [0.05, 0.1) is 0 Å². The summed E-state index contributed by atoms with van der Waals surface area (Å²) in [5, 5.41) is 3.52. The molecule has 2 rings (SSSR count). The molecule has 19 heavy (non-hydrogen) atoms. The predicted molar refractivity (Wildman–Crippen MR) is 72.9 cm³/mol. The van der Waals surface area contributed by atoms with Crippen LogP contribution >= 0.6 is 0 Å². The first-order valence-electron chi connectivity index (χ1n) is 7.01. The second kappa shape index (κ2) is 6.44. The Labute approximate surface area is 113 Å². The van der Waals surface area contributed by atoms with E-state index in [9.17, 15) is 8.78 Å². The summed E-state index contributed by atoms with van der Waals surface area (Å²) >= 11 is 0. The van der Waals surface area contributed by atoms with Crippen LogP contribution in [0.25, 0.3) is 0 Å². The van der Waals surface area contributed by atoms with Gasteiger partial charge < -0.3 is 5.32 Å². The highest BCUT2D eigenvalue weighted by atomic mass is 19.2. The smallest absolute Gasteiger partial charge is 0.159 e. The summed E-state index contributed by atoms with van der Waals surface area (Å²) in [5.41, 5.74) is 0.836. The molecular weight excluding hydrogens is 246 g/mol.